The molecule has 0 saturated carbocycles. The molecule has 37 heavy (non-hydrogen) atoms. The van der Waals surface area contributed by atoms with Crippen LogP contribution in [0.2, 0.25) is 0 Å². The fourth-order valence-corrected chi connectivity index (χ4v) is 4.39. The molecule has 2 aromatic carbocycles. The third-order valence-electron chi connectivity index (χ3n) is 6.12. The van der Waals surface area contributed by atoms with Gasteiger partial charge in [-0.1, -0.05) is 31.2 Å². The van der Waals surface area contributed by atoms with E-state index in [9.17, 15) is 9.18 Å². The summed E-state index contributed by atoms with van der Waals surface area (Å²) in [5.74, 6) is 0.225. The molecule has 0 unspecified atom stereocenters. The van der Waals surface area contributed by atoms with E-state index in [0.717, 1.165) is 45.1 Å². The third-order valence-corrected chi connectivity index (χ3v) is 6.12. The van der Waals surface area contributed by atoms with Crippen LogP contribution in [0, 0.1) is 5.82 Å². The SMILES string of the molecule is CCCC(=O)Nc1cncc(-c2cnc3[nH]nc(-c4nc5c(-c6cccc(F)c6)cccc5[nH]4)c3c2)c1. The number of pyridine rings is 2. The molecular weight excluding hydrogens is 469 g/mol. The van der Waals surface area contributed by atoms with Crippen molar-refractivity contribution in [2.24, 2.45) is 0 Å². The number of hydrogen-bond acceptors (Lipinski definition) is 5. The second-order valence-corrected chi connectivity index (χ2v) is 8.75. The Morgan fingerprint density at radius 1 is 1.00 bits per heavy atom. The van der Waals surface area contributed by atoms with E-state index in [1.165, 1.54) is 12.1 Å². The number of aromatic nitrogens is 6. The van der Waals surface area contributed by atoms with Crippen molar-refractivity contribution >= 4 is 33.7 Å². The molecule has 0 aliphatic carbocycles. The lowest BCUT2D eigenvalue weighted by atomic mass is 10.0. The van der Waals surface area contributed by atoms with Gasteiger partial charge in [-0.3, -0.25) is 14.9 Å². The summed E-state index contributed by atoms with van der Waals surface area (Å²) in [6.07, 6.45) is 6.31. The molecule has 0 bridgehead atoms. The van der Waals surface area contributed by atoms with E-state index < -0.39 is 0 Å². The van der Waals surface area contributed by atoms with Crippen molar-refractivity contribution in [3.05, 3.63) is 79.0 Å². The molecule has 4 heterocycles. The predicted molar refractivity (Wildman–Crippen MR) is 141 cm³/mol. The Morgan fingerprint density at radius 3 is 2.73 bits per heavy atom. The standard InChI is InChI=1S/C28H22FN7O/c1-2-5-24(37)32-20-11-17(13-30-15-20)18-12-22-26(35-36-27(22)31-14-18)28-33-23-9-4-8-21(25(23)34-28)16-6-3-7-19(29)10-16/h3-4,6-15H,2,5H2,1H3,(H,32,37)(H,33,34)(H,31,35,36). The first-order chi connectivity index (χ1) is 18.1. The van der Waals surface area contributed by atoms with E-state index in [2.05, 4.69) is 30.5 Å². The van der Waals surface area contributed by atoms with Gasteiger partial charge in [0.1, 0.15) is 11.5 Å². The summed E-state index contributed by atoms with van der Waals surface area (Å²) in [7, 11) is 0. The van der Waals surface area contributed by atoms with E-state index in [1.807, 2.05) is 43.3 Å². The van der Waals surface area contributed by atoms with E-state index in [0.29, 0.717) is 29.3 Å². The van der Waals surface area contributed by atoms with Gasteiger partial charge in [-0.2, -0.15) is 5.10 Å². The van der Waals surface area contributed by atoms with Crippen LogP contribution in [0.5, 0.6) is 0 Å². The first-order valence-corrected chi connectivity index (χ1v) is 11.9. The van der Waals surface area contributed by atoms with Gasteiger partial charge in [0.15, 0.2) is 11.5 Å². The predicted octanol–water partition coefficient (Wildman–Crippen LogP) is 6.11. The molecule has 0 aliphatic rings. The number of carbonyl (C=O) groups is 1. The van der Waals surface area contributed by atoms with Gasteiger partial charge in [-0.15, -0.1) is 0 Å². The number of para-hydroxylation sites is 1. The molecule has 0 spiro atoms. The normalized spacial score (nSPS) is 11.3. The number of aromatic amines is 2. The van der Waals surface area contributed by atoms with Gasteiger partial charge in [0.05, 0.1) is 28.3 Å². The second-order valence-electron chi connectivity index (χ2n) is 8.75. The molecule has 3 N–H and O–H groups in total. The van der Waals surface area contributed by atoms with Crippen LogP contribution in [0.25, 0.3) is 55.8 Å². The zero-order chi connectivity index (χ0) is 25.4. The maximum Gasteiger partial charge on any atom is 0.224 e. The molecular formula is C28H22FN7O. The Morgan fingerprint density at radius 2 is 1.86 bits per heavy atom. The first-order valence-electron chi connectivity index (χ1n) is 11.9. The van der Waals surface area contributed by atoms with Crippen LogP contribution in [0.15, 0.2) is 73.2 Å². The van der Waals surface area contributed by atoms with E-state index >= 15 is 0 Å². The molecule has 0 atom stereocenters. The van der Waals surface area contributed by atoms with Gasteiger partial charge in [0, 0.05) is 35.5 Å². The van der Waals surface area contributed by atoms with Crippen molar-refractivity contribution < 1.29 is 9.18 Å². The molecule has 6 aromatic rings. The van der Waals surface area contributed by atoms with E-state index in [-0.39, 0.29) is 11.7 Å². The van der Waals surface area contributed by atoms with Crippen molar-refractivity contribution in [2.45, 2.75) is 19.8 Å². The number of amides is 1. The molecule has 6 rings (SSSR count). The van der Waals surface area contributed by atoms with Gasteiger partial charge in [-0.25, -0.2) is 14.4 Å². The fraction of sp³-hybridized carbons (Fsp3) is 0.107. The van der Waals surface area contributed by atoms with Crippen molar-refractivity contribution in [1.29, 1.82) is 0 Å². The van der Waals surface area contributed by atoms with Crippen molar-refractivity contribution in [2.75, 3.05) is 5.32 Å². The highest BCUT2D eigenvalue weighted by Gasteiger charge is 2.17. The molecule has 9 heteroatoms. The molecule has 8 nitrogen and oxygen atoms in total. The minimum atomic E-state index is -0.300. The van der Waals surface area contributed by atoms with Crippen LogP contribution in [-0.4, -0.2) is 36.0 Å². The molecule has 182 valence electrons. The van der Waals surface area contributed by atoms with Crippen molar-refractivity contribution in [3.8, 4) is 33.8 Å². The number of nitrogens with zero attached hydrogens (tertiary/aromatic N) is 4. The summed E-state index contributed by atoms with van der Waals surface area (Å²) in [4.78, 5) is 29.0. The number of benzene rings is 2. The lowest BCUT2D eigenvalue weighted by Crippen LogP contribution is -2.10. The average molecular weight is 492 g/mol. The number of H-pyrrole nitrogens is 2. The Labute approximate surface area is 211 Å². The Balaban J connectivity index is 1.40. The quantitative estimate of drug-likeness (QED) is 0.260. The summed E-state index contributed by atoms with van der Waals surface area (Å²) in [5, 5.41) is 11.1. The second kappa shape index (κ2) is 9.27. The molecule has 4 aromatic heterocycles. The van der Waals surface area contributed by atoms with Crippen molar-refractivity contribution in [3.63, 3.8) is 0 Å². The lowest BCUT2D eigenvalue weighted by Gasteiger charge is -2.07. The van der Waals surface area contributed by atoms with Crippen molar-refractivity contribution in [1.82, 2.24) is 30.1 Å². The lowest BCUT2D eigenvalue weighted by molar-refractivity contribution is -0.116. The third kappa shape index (κ3) is 4.31. The summed E-state index contributed by atoms with van der Waals surface area (Å²) in [6, 6.07) is 16.1. The number of nitrogens with one attached hydrogen (secondary N) is 3. The Bertz CT molecular complexity index is 1770. The maximum atomic E-state index is 13.9. The molecule has 0 fully saturated rings. The van der Waals surface area contributed by atoms with Gasteiger partial charge in [-0.05, 0) is 42.3 Å². The van der Waals surface area contributed by atoms with Crippen LogP contribution in [0.3, 0.4) is 0 Å². The zero-order valence-electron chi connectivity index (χ0n) is 19.9. The number of rotatable bonds is 6. The summed E-state index contributed by atoms with van der Waals surface area (Å²) in [6.45, 7) is 1.96. The first kappa shape index (κ1) is 22.5. The average Bonchev–Trinajstić information content (AvgIpc) is 3.52. The van der Waals surface area contributed by atoms with Crippen LogP contribution < -0.4 is 5.32 Å². The number of fused-ring (bicyclic) bond motifs is 2. The zero-order valence-corrected chi connectivity index (χ0v) is 19.9. The number of anilines is 1. The van der Waals surface area contributed by atoms with Crippen LogP contribution in [-0.2, 0) is 4.79 Å². The molecule has 0 saturated heterocycles. The number of carbonyl (C=O) groups excluding carboxylic acids is 1. The van der Waals surface area contributed by atoms with Crippen LogP contribution >= 0.6 is 0 Å². The van der Waals surface area contributed by atoms with Gasteiger partial charge in [0.25, 0.3) is 0 Å². The largest absolute Gasteiger partial charge is 0.337 e. The monoisotopic (exact) mass is 491 g/mol. The number of halogens is 1. The highest BCUT2D eigenvalue weighted by molar-refractivity contribution is 5.97. The Kier molecular flexibility index (Phi) is 5.65. The van der Waals surface area contributed by atoms with E-state index in [4.69, 9.17) is 4.98 Å². The Hall–Kier alpha value is -4.92. The topological polar surface area (TPSA) is 112 Å². The number of hydrogen-bond donors (Lipinski definition) is 3. The van der Waals surface area contributed by atoms with Gasteiger partial charge >= 0.3 is 0 Å². The summed E-state index contributed by atoms with van der Waals surface area (Å²) >= 11 is 0. The minimum Gasteiger partial charge on any atom is -0.337 e. The molecule has 1 amide bonds. The summed E-state index contributed by atoms with van der Waals surface area (Å²) < 4.78 is 13.9. The molecule has 0 aliphatic heterocycles. The van der Waals surface area contributed by atoms with Crippen LogP contribution in [0.1, 0.15) is 19.8 Å². The van der Waals surface area contributed by atoms with Crippen LogP contribution in [0.4, 0.5) is 10.1 Å². The fourth-order valence-electron chi connectivity index (χ4n) is 4.39. The molecule has 0 radical (unpaired) electrons. The maximum absolute atomic E-state index is 13.9. The minimum absolute atomic E-state index is 0.0466. The number of imidazole rings is 1. The summed E-state index contributed by atoms with van der Waals surface area (Å²) in [5.41, 5.74) is 6.62. The van der Waals surface area contributed by atoms with E-state index in [1.54, 1.807) is 24.7 Å². The van der Waals surface area contributed by atoms with Gasteiger partial charge < -0.3 is 10.3 Å². The highest BCUT2D eigenvalue weighted by Crippen LogP contribution is 2.33. The van der Waals surface area contributed by atoms with Gasteiger partial charge in [0.2, 0.25) is 5.91 Å². The smallest absolute Gasteiger partial charge is 0.224 e. The highest BCUT2D eigenvalue weighted by atomic mass is 19.1.